The summed E-state index contributed by atoms with van der Waals surface area (Å²) in [4.78, 5) is 13.5. The second kappa shape index (κ2) is 4.97. The molecule has 0 saturated heterocycles. The Bertz CT molecular complexity index is 611. The van der Waals surface area contributed by atoms with Gasteiger partial charge in [-0.3, -0.25) is 4.79 Å². The summed E-state index contributed by atoms with van der Waals surface area (Å²) in [5, 5.41) is 9.59. The van der Waals surface area contributed by atoms with Crippen LogP contribution >= 0.6 is 0 Å². The summed E-state index contributed by atoms with van der Waals surface area (Å²) in [5.41, 5.74) is 6.83. The predicted octanol–water partition coefficient (Wildman–Crippen LogP) is 2.39. The maximum absolute atomic E-state index is 12.9. The van der Waals surface area contributed by atoms with Crippen molar-refractivity contribution >= 4 is 17.3 Å². The number of anilines is 2. The number of carbonyl (C=O) groups is 1. The number of phenolic OH excluding ortho intramolecular Hbond substituents is 1. The van der Waals surface area contributed by atoms with Gasteiger partial charge in [0.05, 0.1) is 5.56 Å². The fourth-order valence-corrected chi connectivity index (χ4v) is 1.68. The lowest BCUT2D eigenvalue weighted by Gasteiger charge is -2.18. The van der Waals surface area contributed by atoms with Gasteiger partial charge < -0.3 is 15.7 Å². The number of benzene rings is 2. The molecule has 0 aliphatic carbocycles. The van der Waals surface area contributed by atoms with Crippen LogP contribution in [0.3, 0.4) is 0 Å². The molecule has 0 bridgehead atoms. The normalized spacial score (nSPS) is 10.2. The van der Waals surface area contributed by atoms with Gasteiger partial charge in [-0.15, -0.1) is 0 Å². The Kier molecular flexibility index (Phi) is 3.37. The van der Waals surface area contributed by atoms with Gasteiger partial charge in [0, 0.05) is 24.5 Å². The van der Waals surface area contributed by atoms with Gasteiger partial charge >= 0.3 is 0 Å². The van der Waals surface area contributed by atoms with E-state index in [2.05, 4.69) is 0 Å². The maximum atomic E-state index is 12.9. The summed E-state index contributed by atoms with van der Waals surface area (Å²) in [6.45, 7) is 0. The number of aromatic hydroxyl groups is 1. The van der Waals surface area contributed by atoms with Crippen molar-refractivity contribution in [2.24, 2.45) is 0 Å². The van der Waals surface area contributed by atoms with E-state index < -0.39 is 11.7 Å². The van der Waals surface area contributed by atoms with Gasteiger partial charge in [0.2, 0.25) is 0 Å². The molecule has 3 N–H and O–H groups in total. The highest BCUT2D eigenvalue weighted by Crippen LogP contribution is 2.23. The molecule has 2 aromatic carbocycles. The Hall–Kier alpha value is -2.56. The fourth-order valence-electron chi connectivity index (χ4n) is 1.68. The van der Waals surface area contributed by atoms with Crippen LogP contribution in [0.4, 0.5) is 15.8 Å². The maximum Gasteiger partial charge on any atom is 0.261 e. The quantitative estimate of drug-likeness (QED) is 0.815. The van der Waals surface area contributed by atoms with Crippen LogP contribution in [0.25, 0.3) is 0 Å². The van der Waals surface area contributed by atoms with Gasteiger partial charge in [-0.1, -0.05) is 0 Å². The molecule has 98 valence electrons. The molecule has 19 heavy (non-hydrogen) atoms. The number of carbonyl (C=O) groups excluding carboxylic acids is 1. The van der Waals surface area contributed by atoms with Gasteiger partial charge in [-0.2, -0.15) is 0 Å². The number of hydrogen-bond donors (Lipinski definition) is 2. The Labute approximate surface area is 109 Å². The van der Waals surface area contributed by atoms with Crippen molar-refractivity contribution in [2.75, 3.05) is 17.7 Å². The van der Waals surface area contributed by atoms with Gasteiger partial charge in [0.25, 0.3) is 5.91 Å². The molecule has 1 amide bonds. The molecule has 0 fully saturated rings. The monoisotopic (exact) mass is 260 g/mol. The molecule has 0 aliphatic heterocycles. The van der Waals surface area contributed by atoms with E-state index in [1.54, 1.807) is 31.3 Å². The molecule has 2 aromatic rings. The third kappa shape index (κ3) is 2.65. The minimum atomic E-state index is -0.593. The highest BCUT2D eigenvalue weighted by Gasteiger charge is 2.17. The number of rotatable bonds is 2. The molecule has 5 heteroatoms. The number of nitrogens with two attached hydrogens (primary N) is 1. The van der Waals surface area contributed by atoms with Crippen LogP contribution in [0, 0.1) is 5.82 Å². The molecule has 0 unspecified atom stereocenters. The van der Waals surface area contributed by atoms with E-state index >= 15 is 0 Å². The van der Waals surface area contributed by atoms with Crippen molar-refractivity contribution in [3.63, 3.8) is 0 Å². The van der Waals surface area contributed by atoms with Crippen LogP contribution < -0.4 is 10.6 Å². The topological polar surface area (TPSA) is 66.6 Å². The predicted molar refractivity (Wildman–Crippen MR) is 71.7 cm³/mol. The molecule has 0 aromatic heterocycles. The van der Waals surface area contributed by atoms with E-state index in [4.69, 9.17) is 5.73 Å². The molecule has 4 nitrogen and oxygen atoms in total. The minimum Gasteiger partial charge on any atom is -0.507 e. The number of halogens is 1. The van der Waals surface area contributed by atoms with E-state index in [9.17, 15) is 14.3 Å². The van der Waals surface area contributed by atoms with Crippen molar-refractivity contribution < 1.29 is 14.3 Å². The zero-order valence-corrected chi connectivity index (χ0v) is 10.3. The number of nitrogens with zero attached hydrogens (tertiary/aromatic N) is 1. The van der Waals surface area contributed by atoms with E-state index in [1.807, 2.05) is 0 Å². The van der Waals surface area contributed by atoms with Crippen LogP contribution in [0.2, 0.25) is 0 Å². The molecule has 0 spiro atoms. The Balaban J connectivity index is 2.30. The van der Waals surface area contributed by atoms with Gasteiger partial charge in [0.1, 0.15) is 11.6 Å². The molecular formula is C14H13FN2O2. The van der Waals surface area contributed by atoms with Crippen LogP contribution in [0.15, 0.2) is 42.5 Å². The lowest BCUT2D eigenvalue weighted by atomic mass is 10.1. The second-order valence-corrected chi connectivity index (χ2v) is 4.12. The van der Waals surface area contributed by atoms with E-state index in [0.29, 0.717) is 11.4 Å². The van der Waals surface area contributed by atoms with E-state index in [0.717, 1.165) is 12.1 Å². The number of hydrogen-bond acceptors (Lipinski definition) is 3. The van der Waals surface area contributed by atoms with Crippen molar-refractivity contribution in [2.45, 2.75) is 0 Å². The zero-order valence-electron chi connectivity index (χ0n) is 10.3. The fraction of sp³-hybridized carbons (Fsp3) is 0.0714. The van der Waals surface area contributed by atoms with Gasteiger partial charge in [-0.05, 0) is 36.4 Å². The summed E-state index contributed by atoms with van der Waals surface area (Å²) in [5.74, 6) is -1.40. The molecule has 2 rings (SSSR count). The first kappa shape index (κ1) is 12.9. The summed E-state index contributed by atoms with van der Waals surface area (Å²) in [7, 11) is 1.57. The Morgan fingerprint density at radius 1 is 1.21 bits per heavy atom. The summed E-state index contributed by atoms with van der Waals surface area (Å²) in [6, 6.07) is 10.0. The first-order valence-electron chi connectivity index (χ1n) is 5.61. The van der Waals surface area contributed by atoms with Crippen LogP contribution in [-0.2, 0) is 0 Å². The SMILES string of the molecule is CN(C(=O)c1ccc(F)cc1O)c1ccc(N)cc1. The van der Waals surface area contributed by atoms with Crippen molar-refractivity contribution in [1.29, 1.82) is 0 Å². The average Bonchev–Trinajstić information content (AvgIpc) is 2.38. The summed E-state index contributed by atoms with van der Waals surface area (Å²) in [6.07, 6.45) is 0. The van der Waals surface area contributed by atoms with Crippen LogP contribution in [0.5, 0.6) is 5.75 Å². The molecular weight excluding hydrogens is 247 g/mol. The Morgan fingerprint density at radius 3 is 2.42 bits per heavy atom. The minimum absolute atomic E-state index is 0.0423. The first-order valence-corrected chi connectivity index (χ1v) is 5.61. The molecule has 0 aliphatic rings. The molecule has 0 atom stereocenters. The number of nitrogen functional groups attached to an aromatic ring is 1. The zero-order chi connectivity index (χ0) is 14.0. The third-order valence-corrected chi connectivity index (χ3v) is 2.78. The second-order valence-electron chi connectivity index (χ2n) is 4.12. The van der Waals surface area contributed by atoms with Gasteiger partial charge in [-0.25, -0.2) is 4.39 Å². The molecule has 0 heterocycles. The standard InChI is InChI=1S/C14H13FN2O2/c1-17(11-5-3-10(16)4-6-11)14(19)12-7-2-9(15)8-13(12)18/h2-8,18H,16H2,1H3. The average molecular weight is 260 g/mol. The van der Waals surface area contributed by atoms with Crippen LogP contribution in [0.1, 0.15) is 10.4 Å². The molecule has 0 saturated carbocycles. The smallest absolute Gasteiger partial charge is 0.261 e. The lowest BCUT2D eigenvalue weighted by Crippen LogP contribution is -2.26. The van der Waals surface area contributed by atoms with E-state index in [-0.39, 0.29) is 11.3 Å². The number of amides is 1. The molecule has 0 radical (unpaired) electrons. The first-order chi connectivity index (χ1) is 8.99. The van der Waals surface area contributed by atoms with Gasteiger partial charge in [0.15, 0.2) is 0 Å². The number of phenols is 1. The van der Waals surface area contributed by atoms with Crippen molar-refractivity contribution in [1.82, 2.24) is 0 Å². The van der Waals surface area contributed by atoms with Crippen LogP contribution in [-0.4, -0.2) is 18.1 Å². The summed E-state index contributed by atoms with van der Waals surface area (Å²) >= 11 is 0. The third-order valence-electron chi connectivity index (χ3n) is 2.78. The van der Waals surface area contributed by atoms with Crippen molar-refractivity contribution in [3.05, 3.63) is 53.8 Å². The lowest BCUT2D eigenvalue weighted by molar-refractivity contribution is 0.0990. The van der Waals surface area contributed by atoms with Crippen molar-refractivity contribution in [3.8, 4) is 5.75 Å². The summed E-state index contributed by atoms with van der Waals surface area (Å²) < 4.78 is 12.9. The highest BCUT2D eigenvalue weighted by atomic mass is 19.1. The van der Waals surface area contributed by atoms with E-state index in [1.165, 1.54) is 11.0 Å². The Morgan fingerprint density at radius 2 is 1.84 bits per heavy atom. The highest BCUT2D eigenvalue weighted by molar-refractivity contribution is 6.07. The largest absolute Gasteiger partial charge is 0.507 e.